The molecule has 0 spiro atoms. The molecule has 8 nitrogen and oxygen atoms in total. The van der Waals surface area contributed by atoms with Gasteiger partial charge in [0.05, 0.1) is 16.5 Å². The highest BCUT2D eigenvalue weighted by atomic mass is 32.2. The first-order chi connectivity index (χ1) is 16.7. The van der Waals surface area contributed by atoms with Gasteiger partial charge in [-0.2, -0.15) is 0 Å². The summed E-state index contributed by atoms with van der Waals surface area (Å²) in [5.74, 6) is -3.00. The largest absolute Gasteiger partial charge is 0.366 e. The SMILES string of the molecule is Cc1cc(N(C(=O)C(=O)c2c(C(C)C)c(C(N)=O)c(C)n2C)C2CCC(S(C)(=O)=O)CC2)ccc1F. The highest BCUT2D eigenvalue weighted by molar-refractivity contribution is 7.91. The van der Waals surface area contributed by atoms with Crippen molar-refractivity contribution in [3.8, 4) is 0 Å². The fourth-order valence-electron chi connectivity index (χ4n) is 5.19. The van der Waals surface area contributed by atoms with Gasteiger partial charge in [0.1, 0.15) is 15.7 Å². The van der Waals surface area contributed by atoms with E-state index in [1.54, 1.807) is 20.9 Å². The topological polar surface area (TPSA) is 120 Å². The summed E-state index contributed by atoms with van der Waals surface area (Å²) in [5.41, 5.74) is 7.51. The number of amides is 2. The molecule has 3 rings (SSSR count). The molecule has 0 unspecified atom stereocenters. The van der Waals surface area contributed by atoms with Gasteiger partial charge in [-0.1, -0.05) is 13.8 Å². The van der Waals surface area contributed by atoms with Crippen molar-refractivity contribution in [2.45, 2.75) is 70.6 Å². The molecule has 0 aliphatic heterocycles. The first-order valence-corrected chi connectivity index (χ1v) is 13.9. The molecule has 2 amide bonds. The van der Waals surface area contributed by atoms with Crippen molar-refractivity contribution in [1.29, 1.82) is 0 Å². The van der Waals surface area contributed by atoms with Gasteiger partial charge in [-0.3, -0.25) is 14.4 Å². The van der Waals surface area contributed by atoms with Gasteiger partial charge in [-0.25, -0.2) is 12.8 Å². The average Bonchev–Trinajstić information content (AvgIpc) is 3.06. The molecule has 0 atom stereocenters. The molecule has 36 heavy (non-hydrogen) atoms. The Morgan fingerprint density at radius 3 is 2.17 bits per heavy atom. The number of primary amides is 1. The van der Waals surface area contributed by atoms with Crippen molar-refractivity contribution < 1.29 is 27.2 Å². The van der Waals surface area contributed by atoms with Gasteiger partial charge >= 0.3 is 5.91 Å². The van der Waals surface area contributed by atoms with Crippen LogP contribution in [0.2, 0.25) is 0 Å². The van der Waals surface area contributed by atoms with E-state index < -0.39 is 44.5 Å². The number of halogens is 1. The summed E-state index contributed by atoms with van der Waals surface area (Å²) < 4.78 is 39.7. The molecular weight excluding hydrogens is 485 g/mol. The molecule has 1 aliphatic rings. The van der Waals surface area contributed by atoms with Crippen LogP contribution in [0.15, 0.2) is 18.2 Å². The van der Waals surface area contributed by atoms with Crippen LogP contribution in [0.3, 0.4) is 0 Å². The van der Waals surface area contributed by atoms with Crippen LogP contribution in [-0.2, 0) is 21.7 Å². The Kier molecular flexibility index (Phi) is 7.78. The number of ketones is 1. The Morgan fingerprint density at radius 1 is 1.11 bits per heavy atom. The number of hydrogen-bond acceptors (Lipinski definition) is 5. The summed E-state index contributed by atoms with van der Waals surface area (Å²) in [5, 5.41) is -0.502. The Balaban J connectivity index is 2.10. The highest BCUT2D eigenvalue weighted by Crippen LogP contribution is 2.34. The lowest BCUT2D eigenvalue weighted by Crippen LogP contribution is -2.47. The van der Waals surface area contributed by atoms with Crippen LogP contribution in [0.5, 0.6) is 0 Å². The van der Waals surface area contributed by atoms with E-state index in [4.69, 9.17) is 5.73 Å². The number of sulfone groups is 1. The van der Waals surface area contributed by atoms with Crippen LogP contribution >= 0.6 is 0 Å². The van der Waals surface area contributed by atoms with Gasteiger partial charge in [0, 0.05) is 30.7 Å². The van der Waals surface area contributed by atoms with E-state index in [0.29, 0.717) is 48.2 Å². The smallest absolute Gasteiger partial charge is 0.301 e. The minimum Gasteiger partial charge on any atom is -0.366 e. The molecule has 1 heterocycles. The van der Waals surface area contributed by atoms with Crippen molar-refractivity contribution in [2.24, 2.45) is 12.8 Å². The summed E-state index contributed by atoms with van der Waals surface area (Å²) in [6, 6.07) is 3.76. The Labute approximate surface area is 211 Å². The van der Waals surface area contributed by atoms with Crippen molar-refractivity contribution >= 4 is 33.1 Å². The van der Waals surface area contributed by atoms with E-state index >= 15 is 0 Å². The van der Waals surface area contributed by atoms with E-state index in [9.17, 15) is 27.2 Å². The van der Waals surface area contributed by atoms with Gasteiger partial charge in [-0.15, -0.1) is 0 Å². The lowest BCUT2D eigenvalue weighted by Gasteiger charge is -2.36. The first kappa shape index (κ1) is 27.6. The molecule has 196 valence electrons. The molecule has 2 N–H and O–H groups in total. The van der Waals surface area contributed by atoms with Gasteiger partial charge in [0.15, 0.2) is 0 Å². The maximum absolute atomic E-state index is 14.0. The summed E-state index contributed by atoms with van der Waals surface area (Å²) in [6.45, 7) is 6.87. The standard InChI is InChI=1S/C26H34FN3O5S/c1-14(2)21-22(25(28)32)16(4)29(5)23(21)24(31)26(33)30(18-9-12-20(27)15(3)13-18)17-7-10-19(11-8-17)36(6,34)35/h9,12-14,17,19H,7-8,10-11H2,1-6H3,(H2,28,32). The maximum Gasteiger partial charge on any atom is 0.301 e. The molecule has 10 heteroatoms. The first-order valence-electron chi connectivity index (χ1n) is 12.0. The minimum absolute atomic E-state index is 0.0926. The van der Waals surface area contributed by atoms with Crippen LogP contribution in [0.4, 0.5) is 10.1 Å². The number of anilines is 1. The van der Waals surface area contributed by atoms with Crippen molar-refractivity contribution in [1.82, 2.24) is 4.57 Å². The molecule has 0 saturated heterocycles. The number of benzene rings is 1. The monoisotopic (exact) mass is 519 g/mol. The summed E-state index contributed by atoms with van der Waals surface area (Å²) in [6.07, 6.45) is 2.67. The zero-order chi connectivity index (χ0) is 27.1. The van der Waals surface area contributed by atoms with Crippen LogP contribution in [0.25, 0.3) is 0 Å². The van der Waals surface area contributed by atoms with Crippen LogP contribution in [0, 0.1) is 19.7 Å². The van der Waals surface area contributed by atoms with Gasteiger partial charge in [0.2, 0.25) is 0 Å². The molecule has 1 fully saturated rings. The number of nitrogens with zero attached hydrogens (tertiary/aromatic N) is 2. The van der Waals surface area contributed by atoms with Crippen molar-refractivity contribution in [3.63, 3.8) is 0 Å². The molecule has 1 saturated carbocycles. The van der Waals surface area contributed by atoms with Gasteiger partial charge < -0.3 is 15.2 Å². The quantitative estimate of drug-likeness (QED) is 0.443. The second kappa shape index (κ2) is 10.2. The molecule has 0 radical (unpaired) electrons. The molecule has 0 bridgehead atoms. The Morgan fingerprint density at radius 2 is 1.69 bits per heavy atom. The average molecular weight is 520 g/mol. The number of nitrogens with two attached hydrogens (primary N) is 1. The number of carbonyl (C=O) groups excluding carboxylic acids is 3. The summed E-state index contributed by atoms with van der Waals surface area (Å²) in [7, 11) is -1.62. The van der Waals surface area contributed by atoms with E-state index in [0.717, 1.165) is 0 Å². The number of hydrogen-bond donors (Lipinski definition) is 1. The lowest BCUT2D eigenvalue weighted by molar-refractivity contribution is -0.115. The highest BCUT2D eigenvalue weighted by Gasteiger charge is 2.38. The van der Waals surface area contributed by atoms with E-state index in [1.807, 2.05) is 13.8 Å². The predicted octanol–water partition coefficient (Wildman–Crippen LogP) is 3.58. The molecular formula is C26H34FN3O5S. The molecule has 2 aromatic rings. The van der Waals surface area contributed by atoms with Gasteiger partial charge in [-0.05, 0) is 74.8 Å². The normalized spacial score (nSPS) is 18.3. The fourth-order valence-corrected chi connectivity index (χ4v) is 6.32. The molecule has 1 aliphatic carbocycles. The summed E-state index contributed by atoms with van der Waals surface area (Å²) in [4.78, 5) is 41.2. The van der Waals surface area contributed by atoms with Crippen LogP contribution < -0.4 is 10.6 Å². The third-order valence-corrected chi connectivity index (χ3v) is 8.89. The third kappa shape index (κ3) is 5.09. The molecule has 1 aromatic heterocycles. The lowest BCUT2D eigenvalue weighted by atomic mass is 9.91. The van der Waals surface area contributed by atoms with E-state index in [1.165, 1.54) is 33.9 Å². The predicted molar refractivity (Wildman–Crippen MR) is 137 cm³/mol. The van der Waals surface area contributed by atoms with E-state index in [-0.39, 0.29) is 17.2 Å². The van der Waals surface area contributed by atoms with Crippen molar-refractivity contribution in [2.75, 3.05) is 11.2 Å². The Bertz CT molecular complexity index is 1320. The summed E-state index contributed by atoms with van der Waals surface area (Å²) >= 11 is 0. The van der Waals surface area contributed by atoms with E-state index in [2.05, 4.69) is 0 Å². The number of rotatable bonds is 7. The number of aryl methyl sites for hydroxylation is 1. The fraction of sp³-hybridized carbons (Fsp3) is 0.500. The zero-order valence-corrected chi connectivity index (χ0v) is 22.4. The van der Waals surface area contributed by atoms with Crippen molar-refractivity contribution in [3.05, 3.63) is 52.1 Å². The molecule has 1 aromatic carbocycles. The maximum atomic E-state index is 14.0. The number of aromatic nitrogens is 1. The minimum atomic E-state index is -3.23. The second-order valence-electron chi connectivity index (χ2n) is 10.00. The number of carbonyl (C=O) groups is 3. The van der Waals surface area contributed by atoms with Crippen LogP contribution in [0.1, 0.15) is 83.1 Å². The third-order valence-electron chi connectivity index (χ3n) is 7.21. The second-order valence-corrected chi connectivity index (χ2v) is 12.3. The Hall–Kier alpha value is -3.01. The number of Topliss-reactive ketones (excluding diaryl/α,β-unsaturated/α-hetero) is 1. The van der Waals surface area contributed by atoms with Crippen LogP contribution in [-0.4, -0.2) is 48.1 Å². The van der Waals surface area contributed by atoms with Gasteiger partial charge in [0.25, 0.3) is 11.7 Å². The zero-order valence-electron chi connectivity index (χ0n) is 21.6.